The molecule has 666 valence electrons. The third-order valence-corrected chi connectivity index (χ3v) is 18.5. The van der Waals surface area contributed by atoms with Crippen LogP contribution in [0.4, 0.5) is 39.8 Å². The molecule has 45 heteroatoms. The summed E-state index contributed by atoms with van der Waals surface area (Å²) in [6, 6.07) is 27.8. The Morgan fingerprint density at radius 2 is 0.881 bits per heavy atom. The number of benzene rings is 6. The van der Waals surface area contributed by atoms with Crippen molar-refractivity contribution in [2.45, 2.75) is 112 Å². The molecule has 0 fully saturated rings. The van der Waals surface area contributed by atoms with Crippen molar-refractivity contribution in [1.82, 2.24) is 83.7 Å². The monoisotopic (exact) mass is 1820 g/mol. The lowest BCUT2D eigenvalue weighted by Crippen LogP contribution is -2.41. The van der Waals surface area contributed by atoms with E-state index in [2.05, 4.69) is 56.5 Å². The van der Waals surface area contributed by atoms with Crippen LogP contribution in [0.5, 0.6) is 0 Å². The molecule has 6 heterocycles. The molecule has 0 unspecified atom stereocenters. The average molecular weight is 1820 g/mol. The van der Waals surface area contributed by atoms with Crippen LogP contribution >= 0.6 is 47.2 Å². The predicted octanol–water partition coefficient (Wildman–Crippen LogP) is 8.62. The fraction of sp³-hybridized carbons (Fsp3) is 0.272. The zero-order chi connectivity index (χ0) is 91.5. The lowest BCUT2D eigenvalue weighted by Gasteiger charge is -2.22. The number of aryl methyl sites for hydroxylation is 2. The molecule has 0 aliphatic carbocycles. The highest BCUT2D eigenvalue weighted by Gasteiger charge is 2.29. The van der Waals surface area contributed by atoms with Gasteiger partial charge in [-0.15, -0.1) is 12.4 Å². The Bertz CT molecular complexity index is 6020. The molecule has 0 aliphatic rings. The van der Waals surface area contributed by atoms with Crippen LogP contribution in [0.25, 0.3) is 32.7 Å². The maximum atomic E-state index is 14.3. The smallest absolute Gasteiger partial charge is 0.412 e. The van der Waals surface area contributed by atoms with Gasteiger partial charge >= 0.3 is 18.2 Å². The predicted molar refractivity (Wildman–Crippen MR) is 461 cm³/mol. The number of carboxylic acid groups (broad SMARTS) is 1. The topological polar surface area (TPSA) is 532 Å². The van der Waals surface area contributed by atoms with E-state index in [1.165, 1.54) is 78.8 Å². The minimum absolute atomic E-state index is 0. The number of rotatable bonds is 28. The highest BCUT2D eigenvalue weighted by Crippen LogP contribution is 2.29. The number of hydrogen-bond donors (Lipinski definition) is 11. The molecular weight excluding hydrogens is 1730 g/mol. The Morgan fingerprint density at radius 3 is 1.22 bits per heavy atom. The van der Waals surface area contributed by atoms with Gasteiger partial charge in [0.15, 0.2) is 17.1 Å². The van der Waals surface area contributed by atoms with E-state index in [4.69, 9.17) is 72.9 Å². The molecule has 10 amide bonds. The molecule has 0 bridgehead atoms. The first-order valence-corrected chi connectivity index (χ1v) is 38.8. The summed E-state index contributed by atoms with van der Waals surface area (Å²) in [5, 5.41) is 33.3. The van der Waals surface area contributed by atoms with E-state index >= 15 is 0 Å². The Kier molecular flexibility index (Phi) is 33.4. The number of carbonyl (C=O) groups is 11. The number of hydrogen-bond acceptors (Lipinski definition) is 21. The zero-order valence-electron chi connectivity index (χ0n) is 68.9. The second kappa shape index (κ2) is 43.2. The highest BCUT2D eigenvalue weighted by molar-refractivity contribution is 6.31. The number of fused-ring (bicyclic) bond motifs is 3. The molecule has 6 aromatic heterocycles. The molecular formula is C81H89Cl4F3N24O14. The number of aliphatic carboxylic acids is 1. The van der Waals surface area contributed by atoms with Crippen molar-refractivity contribution in [1.29, 1.82) is 0 Å². The van der Waals surface area contributed by atoms with Crippen molar-refractivity contribution in [3.63, 3.8) is 0 Å². The summed E-state index contributed by atoms with van der Waals surface area (Å²) in [4.78, 5) is 156. The van der Waals surface area contributed by atoms with E-state index in [0.717, 1.165) is 4.90 Å². The SMILES string of the molecule is Cl.Cn1cnc(CN(CC(=O)NCc2cccc(Cl)c2F)C(=O)Cn2nc(C(N)=O)c3cc(NC(=O)OC(C)(C)C)ccc32)c1.Cn1cnc(CN(CC(=O)O)C(=O)Cn2nc(C(N)=O)c3cc(NC(=O)OC(C)(C)C)ccc32)c1.NC(=O)c1nn(CC(=O)N(CC(=O)NCc2cccc(Cl)c2F)Cc2cnc[nH]2)c2ccc(N)cc12.NCc1cccc(Cl)c1F. The number of aromatic nitrogens is 12. The summed E-state index contributed by atoms with van der Waals surface area (Å²) in [5.74, 6) is -7.89. The summed E-state index contributed by atoms with van der Waals surface area (Å²) in [6.07, 6.45) is 8.08. The van der Waals surface area contributed by atoms with Gasteiger partial charge in [-0.2, -0.15) is 15.3 Å². The number of aromatic amines is 1. The molecule has 126 heavy (non-hydrogen) atoms. The van der Waals surface area contributed by atoms with E-state index in [9.17, 15) is 71.0 Å². The number of nitrogens with two attached hydrogens (primary N) is 5. The Hall–Kier alpha value is -14.2. The second-order valence-electron chi connectivity index (χ2n) is 29.8. The number of anilines is 3. The van der Waals surface area contributed by atoms with E-state index in [-0.39, 0.29) is 128 Å². The molecule has 12 aromatic rings. The minimum atomic E-state index is -1.18. The van der Waals surface area contributed by atoms with E-state index in [1.54, 1.807) is 157 Å². The fourth-order valence-corrected chi connectivity index (χ4v) is 12.6. The Balaban J connectivity index is 0.000000222. The van der Waals surface area contributed by atoms with Gasteiger partial charge in [0.05, 0.1) is 100 Å². The molecule has 16 N–H and O–H groups in total. The van der Waals surface area contributed by atoms with Crippen LogP contribution in [0.3, 0.4) is 0 Å². The molecule has 38 nitrogen and oxygen atoms in total. The number of H-pyrrole nitrogens is 1. The van der Waals surface area contributed by atoms with Crippen LogP contribution in [0.1, 0.15) is 107 Å². The number of amides is 10. The van der Waals surface area contributed by atoms with Gasteiger partial charge < -0.3 is 82.7 Å². The lowest BCUT2D eigenvalue weighted by atomic mass is 10.2. The summed E-state index contributed by atoms with van der Waals surface area (Å²) >= 11 is 17.1. The first-order chi connectivity index (χ1) is 59.0. The van der Waals surface area contributed by atoms with Crippen molar-refractivity contribution in [2.24, 2.45) is 37.0 Å². The van der Waals surface area contributed by atoms with Gasteiger partial charge in [-0.1, -0.05) is 71.2 Å². The summed E-state index contributed by atoms with van der Waals surface area (Å²) in [6.45, 7) is 8.10. The number of nitrogens with zero attached hydrogens (tertiary/aromatic N) is 14. The quantitative estimate of drug-likeness (QED) is 0.0204. The van der Waals surface area contributed by atoms with Crippen LogP contribution < -0.4 is 49.9 Å². The van der Waals surface area contributed by atoms with E-state index in [1.807, 2.05) is 0 Å². The third-order valence-electron chi connectivity index (χ3n) is 17.6. The standard InChI is InChI=1S/C29H32ClFN8O5.C23H22ClFN8O3.C22H27N7O6.C7H7ClFN.ClH/c1-29(2,3)44-28(43)35-18-8-9-22-20(10-18)26(27(32)42)36-39(22)15-24(41)38(13-19-12-37(4)16-34-19)14-23(40)33-11-17-6-5-7-21(30)25(17)31;24-17-3-1-2-13(21(17)25)7-29-19(34)10-32(9-15-8-28-12-30-15)20(35)11-33-18-5-4-14(26)6-16(18)22(31-33)23(27)36;1-22(2,3)35-21(34)25-13-5-6-16-15(7-13)19(20(23)33)26-29(16)10-17(30)28(11-18(31)32)9-14-8-27(4)12-24-14;8-6-3-1-2-5(4-10)7(6)9;/h5-10,12,16H,11,13-15H2,1-4H3,(H2,32,42)(H,33,40)(H,35,43);1-6,8,12H,7,9-11,26H2,(H2,27,36)(H,28,30)(H,29,34);5-8,12H,9-11H2,1-4H3,(H2,23,33)(H,25,34)(H,31,32);1-3H,4,10H2;1H. The van der Waals surface area contributed by atoms with Gasteiger partial charge in [-0.25, -0.2) is 37.7 Å². The number of nitrogens with one attached hydrogen (secondary N) is 5. The Labute approximate surface area is 737 Å². The zero-order valence-corrected chi connectivity index (χ0v) is 72.0. The maximum absolute atomic E-state index is 14.3. The molecule has 0 saturated heterocycles. The number of carbonyl (C=O) groups excluding carboxylic acids is 10. The van der Waals surface area contributed by atoms with Crippen LogP contribution in [0.15, 0.2) is 147 Å². The van der Waals surface area contributed by atoms with Crippen LogP contribution in [0.2, 0.25) is 15.1 Å². The molecule has 0 aliphatic heterocycles. The summed E-state index contributed by atoms with van der Waals surface area (Å²) < 4.78 is 59.0. The van der Waals surface area contributed by atoms with Gasteiger partial charge in [-0.3, -0.25) is 67.8 Å². The van der Waals surface area contributed by atoms with Crippen LogP contribution in [-0.2, 0) is 111 Å². The molecule has 0 atom stereocenters. The minimum Gasteiger partial charge on any atom is -0.480 e. The van der Waals surface area contributed by atoms with Crippen LogP contribution in [0, 0.1) is 17.5 Å². The molecule has 0 spiro atoms. The van der Waals surface area contributed by atoms with Gasteiger partial charge in [0.25, 0.3) is 17.7 Å². The number of nitrogen functional groups attached to an aromatic ring is 1. The number of primary amides is 3. The molecule has 12 rings (SSSR count). The molecule has 6 aromatic carbocycles. The van der Waals surface area contributed by atoms with Gasteiger partial charge in [-0.05, 0) is 114 Å². The van der Waals surface area contributed by atoms with Crippen molar-refractivity contribution in [2.75, 3.05) is 36.0 Å². The van der Waals surface area contributed by atoms with Crippen molar-refractivity contribution in [3.8, 4) is 0 Å². The third kappa shape index (κ3) is 27.4. The highest BCUT2D eigenvalue weighted by atomic mass is 35.5. The average Bonchev–Trinajstić information content (AvgIpc) is 1.64. The second-order valence-corrected chi connectivity index (χ2v) is 31.0. The summed E-state index contributed by atoms with van der Waals surface area (Å²) in [7, 11) is 3.52. The summed E-state index contributed by atoms with van der Waals surface area (Å²) in [5.41, 5.74) is 30.7. The van der Waals surface area contributed by atoms with Crippen LogP contribution in [-0.4, -0.2) is 174 Å². The Morgan fingerprint density at radius 1 is 0.516 bits per heavy atom. The number of halogens is 7. The number of ether oxygens (including phenoxy) is 2. The number of imidazole rings is 3. The van der Waals surface area contributed by atoms with Gasteiger partial charge in [0, 0.05) is 102 Å². The van der Waals surface area contributed by atoms with Crippen molar-refractivity contribution in [3.05, 3.63) is 230 Å². The first kappa shape index (κ1) is 97.3. The van der Waals surface area contributed by atoms with E-state index < -0.39 is 101 Å². The largest absolute Gasteiger partial charge is 0.480 e. The van der Waals surface area contributed by atoms with Crippen molar-refractivity contribution >= 4 is 162 Å². The fourth-order valence-electron chi connectivity index (χ4n) is 12.0. The molecule has 0 radical (unpaired) electrons. The molecule has 0 saturated carbocycles. The normalized spacial score (nSPS) is 11.0. The van der Waals surface area contributed by atoms with Gasteiger partial charge in [0.1, 0.15) is 54.8 Å². The van der Waals surface area contributed by atoms with Crippen molar-refractivity contribution < 1.29 is 80.5 Å². The maximum Gasteiger partial charge on any atom is 0.412 e. The lowest BCUT2D eigenvalue weighted by molar-refractivity contribution is -0.145. The van der Waals surface area contributed by atoms with Gasteiger partial charge in [0.2, 0.25) is 29.5 Å². The van der Waals surface area contributed by atoms with E-state index in [0.29, 0.717) is 72.4 Å². The first-order valence-electron chi connectivity index (χ1n) is 37.6. The number of carboxylic acids is 1.